The molecule has 80 valence electrons. The zero-order chi connectivity index (χ0) is 10.3. The molecule has 0 bridgehead atoms. The van der Waals surface area contributed by atoms with E-state index in [1.54, 1.807) is 0 Å². The number of rotatable bonds is 7. The molecule has 0 aromatic heterocycles. The molecule has 0 radical (unpaired) electrons. The minimum Gasteiger partial charge on any atom is -0.326 e. The molecule has 0 N–H and O–H groups in total. The van der Waals surface area contributed by atoms with Crippen LogP contribution in [0.1, 0.15) is 47.5 Å². The fourth-order valence-corrected chi connectivity index (χ4v) is 5.68. The fraction of sp³-hybridized carbons (Fsp3) is 1.00. The Bertz CT molecular complexity index is 111. The molecule has 0 spiro atoms. The summed E-state index contributed by atoms with van der Waals surface area (Å²) in [6, 6.07) is 1.51. The van der Waals surface area contributed by atoms with E-state index in [0.29, 0.717) is 0 Å². The van der Waals surface area contributed by atoms with Crippen molar-refractivity contribution in [2.45, 2.75) is 59.0 Å². The van der Waals surface area contributed by atoms with Crippen LogP contribution < -0.4 is 0 Å². The fourth-order valence-electron chi connectivity index (χ4n) is 2.04. The summed E-state index contributed by atoms with van der Waals surface area (Å²) in [6.07, 6.45) is 2.79. The van der Waals surface area contributed by atoms with E-state index < -0.39 is 8.96 Å². The van der Waals surface area contributed by atoms with Crippen LogP contribution in [-0.4, -0.2) is 26.6 Å². The zero-order valence-corrected chi connectivity index (χ0v) is 11.3. The Hall–Kier alpha value is 0.177. The molecule has 0 aliphatic heterocycles. The maximum absolute atomic E-state index is 2.74. The summed E-state index contributed by atoms with van der Waals surface area (Å²) in [6.45, 7) is 14.2. The van der Waals surface area contributed by atoms with E-state index >= 15 is 0 Å². The summed E-state index contributed by atoms with van der Waals surface area (Å²) in [4.78, 5) is 0. The Morgan fingerprint density at radius 1 is 1.08 bits per heavy atom. The Kier molecular flexibility index (Phi) is 7.67. The Balaban J connectivity index is 4.04. The first-order valence-electron chi connectivity index (χ1n) is 5.91. The molecule has 1 nitrogen and oxygen atoms in total. The van der Waals surface area contributed by atoms with E-state index in [0.717, 1.165) is 5.54 Å². The molecule has 0 rings (SSSR count). The highest BCUT2D eigenvalue weighted by Crippen LogP contribution is 2.18. The van der Waals surface area contributed by atoms with Gasteiger partial charge in [-0.15, -0.1) is 0 Å². The Labute approximate surface area is 86.2 Å². The molecular formula is C11H27NSi. The first kappa shape index (κ1) is 13.2. The van der Waals surface area contributed by atoms with E-state index in [2.05, 4.69) is 39.2 Å². The van der Waals surface area contributed by atoms with Crippen molar-refractivity contribution >= 4 is 8.96 Å². The number of nitrogens with zero attached hydrogens (tertiary/aromatic N) is 1. The molecule has 0 saturated heterocycles. The lowest BCUT2D eigenvalue weighted by Crippen LogP contribution is -2.41. The number of hydrogen-bond acceptors (Lipinski definition) is 1. The molecule has 0 saturated carbocycles. The van der Waals surface area contributed by atoms with Crippen LogP contribution in [0, 0.1) is 0 Å². The molecule has 0 aliphatic rings. The van der Waals surface area contributed by atoms with Crippen molar-refractivity contribution in [3.63, 3.8) is 0 Å². The Morgan fingerprint density at radius 2 is 1.62 bits per heavy atom. The van der Waals surface area contributed by atoms with Gasteiger partial charge in [0.15, 0.2) is 0 Å². The quantitative estimate of drug-likeness (QED) is 0.572. The van der Waals surface area contributed by atoms with Crippen molar-refractivity contribution in [2.75, 3.05) is 13.1 Å². The second kappa shape index (κ2) is 7.57. The standard InChI is InChI=1S/C11H27NSi/c1-6-9-10-13(11(4)5)12(7-2)8-3/h11,13H,6-10H2,1-5H3. The molecule has 2 heteroatoms. The van der Waals surface area contributed by atoms with Gasteiger partial charge in [-0.25, -0.2) is 0 Å². The van der Waals surface area contributed by atoms with Crippen molar-refractivity contribution in [1.82, 2.24) is 4.57 Å². The molecule has 0 aliphatic carbocycles. The highest BCUT2D eigenvalue weighted by molar-refractivity contribution is 6.57. The maximum atomic E-state index is 2.74. The second-order valence-electron chi connectivity index (χ2n) is 4.17. The van der Waals surface area contributed by atoms with Crippen molar-refractivity contribution in [3.05, 3.63) is 0 Å². The minimum atomic E-state index is -0.606. The third kappa shape index (κ3) is 4.82. The summed E-state index contributed by atoms with van der Waals surface area (Å²) < 4.78 is 2.74. The molecule has 0 heterocycles. The molecule has 0 aromatic rings. The van der Waals surface area contributed by atoms with Gasteiger partial charge in [0.25, 0.3) is 0 Å². The van der Waals surface area contributed by atoms with E-state index in [1.165, 1.54) is 32.0 Å². The predicted molar refractivity (Wildman–Crippen MR) is 64.9 cm³/mol. The topological polar surface area (TPSA) is 3.24 Å². The smallest absolute Gasteiger partial charge is 0.114 e. The first-order chi connectivity index (χ1) is 6.17. The summed E-state index contributed by atoms with van der Waals surface area (Å²) >= 11 is 0. The molecule has 1 unspecified atom stereocenters. The third-order valence-electron chi connectivity index (χ3n) is 2.90. The molecule has 13 heavy (non-hydrogen) atoms. The number of hydrogen-bond donors (Lipinski definition) is 0. The lowest BCUT2D eigenvalue weighted by molar-refractivity contribution is 0.466. The monoisotopic (exact) mass is 201 g/mol. The van der Waals surface area contributed by atoms with Gasteiger partial charge in [-0.05, 0) is 24.7 Å². The summed E-state index contributed by atoms with van der Waals surface area (Å²) in [5.74, 6) is 0. The normalized spacial score (nSPS) is 14.1. The van der Waals surface area contributed by atoms with Gasteiger partial charge in [-0.1, -0.05) is 47.5 Å². The molecule has 1 atom stereocenters. The van der Waals surface area contributed by atoms with Gasteiger partial charge >= 0.3 is 0 Å². The molecule has 0 fully saturated rings. The Morgan fingerprint density at radius 3 is 1.92 bits per heavy atom. The summed E-state index contributed by atoms with van der Waals surface area (Å²) in [5.41, 5.74) is 0.937. The SMILES string of the molecule is CCCC[SiH](C(C)C)N(CC)CC. The van der Waals surface area contributed by atoms with Crippen molar-refractivity contribution in [3.8, 4) is 0 Å². The average Bonchev–Trinajstić information content (AvgIpc) is 2.11. The second-order valence-corrected chi connectivity index (χ2v) is 7.95. The average molecular weight is 201 g/mol. The van der Waals surface area contributed by atoms with Gasteiger partial charge in [0.05, 0.1) is 0 Å². The van der Waals surface area contributed by atoms with E-state index in [1.807, 2.05) is 0 Å². The zero-order valence-electron chi connectivity index (χ0n) is 10.1. The summed E-state index contributed by atoms with van der Waals surface area (Å²) in [7, 11) is -0.606. The van der Waals surface area contributed by atoms with Gasteiger partial charge in [-0.2, -0.15) is 0 Å². The van der Waals surface area contributed by atoms with E-state index in [4.69, 9.17) is 0 Å². The van der Waals surface area contributed by atoms with Gasteiger partial charge in [0, 0.05) is 0 Å². The number of unbranched alkanes of at least 4 members (excludes halogenated alkanes) is 1. The highest BCUT2D eigenvalue weighted by Gasteiger charge is 2.20. The largest absolute Gasteiger partial charge is 0.326 e. The van der Waals surface area contributed by atoms with Crippen LogP contribution in [0.3, 0.4) is 0 Å². The van der Waals surface area contributed by atoms with Crippen molar-refractivity contribution in [2.24, 2.45) is 0 Å². The van der Waals surface area contributed by atoms with Crippen LogP contribution in [0.4, 0.5) is 0 Å². The van der Waals surface area contributed by atoms with Crippen LogP contribution in [-0.2, 0) is 0 Å². The molecule has 0 amide bonds. The lowest BCUT2D eigenvalue weighted by Gasteiger charge is -2.31. The van der Waals surface area contributed by atoms with Crippen molar-refractivity contribution in [1.29, 1.82) is 0 Å². The van der Waals surface area contributed by atoms with Gasteiger partial charge in [0.1, 0.15) is 8.96 Å². The maximum Gasteiger partial charge on any atom is 0.114 e. The van der Waals surface area contributed by atoms with Gasteiger partial charge < -0.3 is 4.57 Å². The molecular weight excluding hydrogens is 174 g/mol. The molecule has 0 aromatic carbocycles. The van der Waals surface area contributed by atoms with E-state index in [9.17, 15) is 0 Å². The first-order valence-corrected chi connectivity index (χ1v) is 7.91. The minimum absolute atomic E-state index is 0.606. The highest BCUT2D eigenvalue weighted by atomic mass is 28.3. The van der Waals surface area contributed by atoms with Crippen molar-refractivity contribution < 1.29 is 0 Å². The third-order valence-corrected chi connectivity index (χ3v) is 7.11. The van der Waals surface area contributed by atoms with Crippen LogP contribution in [0.5, 0.6) is 0 Å². The summed E-state index contributed by atoms with van der Waals surface area (Å²) in [5, 5.41) is 0. The van der Waals surface area contributed by atoms with Gasteiger partial charge in [0.2, 0.25) is 0 Å². The van der Waals surface area contributed by atoms with Crippen LogP contribution >= 0.6 is 0 Å². The van der Waals surface area contributed by atoms with Crippen LogP contribution in [0.2, 0.25) is 11.6 Å². The lowest BCUT2D eigenvalue weighted by atomic mass is 10.4. The van der Waals surface area contributed by atoms with Gasteiger partial charge in [-0.3, -0.25) is 0 Å². The predicted octanol–water partition coefficient (Wildman–Crippen LogP) is 3.26. The van der Waals surface area contributed by atoms with Crippen LogP contribution in [0.25, 0.3) is 0 Å². The van der Waals surface area contributed by atoms with Crippen LogP contribution in [0.15, 0.2) is 0 Å². The van der Waals surface area contributed by atoms with E-state index in [-0.39, 0.29) is 0 Å².